The van der Waals surface area contributed by atoms with E-state index in [1.165, 1.54) is 0 Å². The van der Waals surface area contributed by atoms with Gasteiger partial charge in [0.05, 0.1) is 6.54 Å². The van der Waals surface area contributed by atoms with Crippen LogP contribution in [0.5, 0.6) is 0 Å². The van der Waals surface area contributed by atoms with E-state index in [2.05, 4.69) is 21.5 Å². The molecule has 2 N–H and O–H groups in total. The first-order valence-electron chi connectivity index (χ1n) is 9.21. The molecule has 1 aromatic rings. The van der Waals surface area contributed by atoms with Crippen LogP contribution in [0.1, 0.15) is 34.3 Å². The molecule has 140 valence electrons. The van der Waals surface area contributed by atoms with Gasteiger partial charge in [0.15, 0.2) is 0 Å². The second-order valence-electron chi connectivity index (χ2n) is 7.31. The number of piperidine rings is 1. The van der Waals surface area contributed by atoms with Crippen LogP contribution in [0, 0.1) is 12.3 Å². The number of hydrogen-bond acceptors (Lipinski definition) is 5. The van der Waals surface area contributed by atoms with Gasteiger partial charge in [-0.3, -0.25) is 24.6 Å². The number of rotatable bonds is 5. The molecule has 1 atom stereocenters. The summed E-state index contributed by atoms with van der Waals surface area (Å²) in [6.45, 7) is 3.51. The highest BCUT2D eigenvalue weighted by Crippen LogP contribution is 2.28. The van der Waals surface area contributed by atoms with Gasteiger partial charge in [-0.25, -0.2) is 0 Å². The number of hydrogen-bond donors (Lipinski definition) is 2. The fourth-order valence-electron chi connectivity index (χ4n) is 3.90. The quantitative estimate of drug-likeness (QED) is 0.560. The third kappa shape index (κ3) is 3.34. The topological polar surface area (TPSA) is 81.8 Å². The number of carbonyl (C=O) groups is 3. The van der Waals surface area contributed by atoms with Crippen molar-refractivity contribution in [3.05, 3.63) is 34.9 Å². The average Bonchev–Trinajstić information content (AvgIpc) is 2.90. The van der Waals surface area contributed by atoms with E-state index in [0.29, 0.717) is 37.7 Å². The molecule has 2 saturated heterocycles. The first-order valence-corrected chi connectivity index (χ1v) is 9.21. The van der Waals surface area contributed by atoms with E-state index in [1.807, 2.05) is 18.2 Å². The highest BCUT2D eigenvalue weighted by Gasteiger charge is 2.39. The van der Waals surface area contributed by atoms with Crippen LogP contribution in [0.25, 0.3) is 0 Å². The monoisotopic (exact) mass is 366 g/mol. The maximum Gasteiger partial charge on any atom is 0.255 e. The number of imide groups is 1. The van der Waals surface area contributed by atoms with Crippen LogP contribution >= 0.6 is 0 Å². The zero-order valence-electron chi connectivity index (χ0n) is 15.0. The molecule has 3 aliphatic heterocycles. The Morgan fingerprint density at radius 2 is 2.07 bits per heavy atom. The largest absolute Gasteiger partial charge is 0.322 e. The van der Waals surface area contributed by atoms with Gasteiger partial charge in [-0.2, -0.15) is 0 Å². The molecule has 0 aromatic heterocycles. The molecule has 0 aliphatic carbocycles. The fourth-order valence-corrected chi connectivity index (χ4v) is 3.90. The second-order valence-corrected chi connectivity index (χ2v) is 7.31. The van der Waals surface area contributed by atoms with Crippen molar-refractivity contribution in [3.63, 3.8) is 0 Å². The van der Waals surface area contributed by atoms with Crippen molar-refractivity contribution in [2.45, 2.75) is 38.0 Å². The van der Waals surface area contributed by atoms with E-state index >= 15 is 0 Å². The molecule has 0 saturated carbocycles. The first kappa shape index (κ1) is 17.7. The van der Waals surface area contributed by atoms with Crippen LogP contribution in [-0.2, 0) is 22.7 Å². The standard InChI is InChI=1S/C20H22N4O3/c1-2-7-23(15-9-21-10-15)11-13-3-4-14-12-24(20(27)16(14)8-13)17-5-6-18(25)22-19(17)26/h1,3-4,8,15,17,21H,5-7,9-12H2,(H,22,25,26). The average molecular weight is 366 g/mol. The third-order valence-corrected chi connectivity index (χ3v) is 5.55. The lowest BCUT2D eigenvalue weighted by atomic mass is 10.0. The van der Waals surface area contributed by atoms with Gasteiger partial charge in [0, 0.05) is 44.2 Å². The first-order chi connectivity index (χ1) is 13.1. The Kier molecular flexibility index (Phi) is 4.68. The van der Waals surface area contributed by atoms with Crippen LogP contribution in [0.3, 0.4) is 0 Å². The Labute approximate surface area is 158 Å². The van der Waals surface area contributed by atoms with Gasteiger partial charge in [-0.15, -0.1) is 6.42 Å². The predicted molar refractivity (Wildman–Crippen MR) is 98.4 cm³/mol. The van der Waals surface area contributed by atoms with Gasteiger partial charge in [0.1, 0.15) is 6.04 Å². The molecule has 27 heavy (non-hydrogen) atoms. The number of carbonyl (C=O) groups excluding carboxylic acids is 3. The molecule has 3 amide bonds. The van der Waals surface area contributed by atoms with E-state index < -0.39 is 6.04 Å². The Balaban J connectivity index is 1.50. The van der Waals surface area contributed by atoms with Crippen molar-refractivity contribution in [1.82, 2.24) is 20.4 Å². The summed E-state index contributed by atoms with van der Waals surface area (Å²) >= 11 is 0. The molecule has 3 aliphatic rings. The molecular formula is C20H22N4O3. The maximum absolute atomic E-state index is 12.9. The van der Waals surface area contributed by atoms with Crippen molar-refractivity contribution in [2.75, 3.05) is 19.6 Å². The minimum atomic E-state index is -0.579. The summed E-state index contributed by atoms with van der Waals surface area (Å²) in [5.41, 5.74) is 2.60. The molecule has 3 heterocycles. The molecule has 0 spiro atoms. The lowest BCUT2D eigenvalue weighted by molar-refractivity contribution is -0.136. The molecule has 1 unspecified atom stereocenters. The molecule has 7 nitrogen and oxygen atoms in total. The van der Waals surface area contributed by atoms with Crippen molar-refractivity contribution < 1.29 is 14.4 Å². The van der Waals surface area contributed by atoms with Crippen molar-refractivity contribution in [1.29, 1.82) is 0 Å². The van der Waals surface area contributed by atoms with E-state index in [4.69, 9.17) is 6.42 Å². The number of nitrogens with zero attached hydrogens (tertiary/aromatic N) is 2. The second kappa shape index (κ2) is 7.14. The molecule has 0 radical (unpaired) electrons. The number of fused-ring (bicyclic) bond motifs is 1. The number of terminal acetylenes is 1. The molecule has 7 heteroatoms. The summed E-state index contributed by atoms with van der Waals surface area (Å²) in [6, 6.07) is 5.74. The van der Waals surface area contributed by atoms with E-state index in [9.17, 15) is 14.4 Å². The van der Waals surface area contributed by atoms with E-state index in [-0.39, 0.29) is 24.1 Å². The van der Waals surface area contributed by atoms with Crippen LogP contribution < -0.4 is 10.6 Å². The number of benzene rings is 1. The normalized spacial score (nSPS) is 22.4. The van der Waals surface area contributed by atoms with Gasteiger partial charge < -0.3 is 10.2 Å². The lowest BCUT2D eigenvalue weighted by Crippen LogP contribution is -2.56. The zero-order chi connectivity index (χ0) is 19.0. The zero-order valence-corrected chi connectivity index (χ0v) is 15.0. The molecular weight excluding hydrogens is 344 g/mol. The van der Waals surface area contributed by atoms with Crippen molar-refractivity contribution in [2.24, 2.45) is 0 Å². The van der Waals surface area contributed by atoms with Gasteiger partial charge in [-0.1, -0.05) is 18.1 Å². The van der Waals surface area contributed by atoms with Crippen LogP contribution in [0.15, 0.2) is 18.2 Å². The molecule has 0 bridgehead atoms. The van der Waals surface area contributed by atoms with Gasteiger partial charge in [0.2, 0.25) is 11.8 Å². The summed E-state index contributed by atoms with van der Waals surface area (Å²) in [5, 5.41) is 5.58. The fraction of sp³-hybridized carbons (Fsp3) is 0.450. The smallest absolute Gasteiger partial charge is 0.255 e. The Hall–Kier alpha value is -2.69. The molecule has 2 fully saturated rings. The number of amides is 3. The third-order valence-electron chi connectivity index (χ3n) is 5.55. The maximum atomic E-state index is 12.9. The minimum absolute atomic E-state index is 0.143. The van der Waals surface area contributed by atoms with Crippen LogP contribution in [-0.4, -0.2) is 59.2 Å². The highest BCUT2D eigenvalue weighted by molar-refractivity contribution is 6.05. The summed E-state index contributed by atoms with van der Waals surface area (Å²) in [4.78, 5) is 40.2. The summed E-state index contributed by atoms with van der Waals surface area (Å²) < 4.78 is 0. The predicted octanol–water partition coefficient (Wildman–Crippen LogP) is -0.145. The Morgan fingerprint density at radius 3 is 2.74 bits per heavy atom. The SMILES string of the molecule is C#CCN(Cc1ccc2c(c1)C(=O)N(C1CCC(=O)NC1=O)C2)C1CNC1. The van der Waals surface area contributed by atoms with Gasteiger partial charge >= 0.3 is 0 Å². The van der Waals surface area contributed by atoms with E-state index in [1.54, 1.807) is 4.90 Å². The Bertz CT molecular complexity index is 840. The van der Waals surface area contributed by atoms with Crippen molar-refractivity contribution >= 4 is 17.7 Å². The van der Waals surface area contributed by atoms with Crippen LogP contribution in [0.4, 0.5) is 0 Å². The van der Waals surface area contributed by atoms with E-state index in [0.717, 1.165) is 24.2 Å². The van der Waals surface area contributed by atoms with Crippen molar-refractivity contribution in [3.8, 4) is 12.3 Å². The summed E-state index contributed by atoms with van der Waals surface area (Å²) in [5.74, 6) is 1.90. The van der Waals surface area contributed by atoms with Gasteiger partial charge in [0.25, 0.3) is 5.91 Å². The number of nitrogens with one attached hydrogen (secondary N) is 2. The lowest BCUT2D eigenvalue weighted by Gasteiger charge is -2.37. The molecule has 1 aromatic carbocycles. The van der Waals surface area contributed by atoms with Crippen LogP contribution in [0.2, 0.25) is 0 Å². The Morgan fingerprint density at radius 1 is 1.26 bits per heavy atom. The highest BCUT2D eigenvalue weighted by atomic mass is 16.2. The van der Waals surface area contributed by atoms with Gasteiger partial charge in [-0.05, 0) is 23.6 Å². The molecule has 4 rings (SSSR count). The minimum Gasteiger partial charge on any atom is -0.322 e. The summed E-state index contributed by atoms with van der Waals surface area (Å²) in [7, 11) is 0. The summed E-state index contributed by atoms with van der Waals surface area (Å²) in [6.07, 6.45) is 6.14.